The number of H-pyrrole nitrogens is 1. The van der Waals surface area contributed by atoms with Crippen LogP contribution in [0.3, 0.4) is 0 Å². The third-order valence-corrected chi connectivity index (χ3v) is 4.19. The van der Waals surface area contributed by atoms with Gasteiger partial charge in [-0.3, -0.25) is 14.7 Å². The molecule has 0 saturated heterocycles. The zero-order valence-corrected chi connectivity index (χ0v) is 14.6. The second kappa shape index (κ2) is 7.43. The minimum Gasteiger partial charge on any atom is -0.485 e. The van der Waals surface area contributed by atoms with Crippen molar-refractivity contribution in [1.82, 2.24) is 10.2 Å². The zero-order chi connectivity index (χ0) is 19.5. The van der Waals surface area contributed by atoms with Gasteiger partial charge in [0.2, 0.25) is 0 Å². The number of nitrogens with zero attached hydrogens (tertiary/aromatic N) is 2. The van der Waals surface area contributed by atoms with E-state index in [4.69, 9.17) is 4.74 Å². The van der Waals surface area contributed by atoms with Crippen molar-refractivity contribution in [3.63, 3.8) is 0 Å². The number of benzene rings is 2. The molecule has 1 aromatic heterocycles. The number of amides is 2. The van der Waals surface area contributed by atoms with Crippen molar-refractivity contribution < 1.29 is 18.7 Å². The van der Waals surface area contributed by atoms with Gasteiger partial charge >= 0.3 is 0 Å². The molecule has 0 spiro atoms. The normalized spacial score (nSPS) is 14.8. The lowest BCUT2D eigenvalue weighted by molar-refractivity contribution is -0.110. The molecule has 0 fully saturated rings. The van der Waals surface area contributed by atoms with Crippen LogP contribution in [0.25, 0.3) is 0 Å². The average Bonchev–Trinajstić information content (AvgIpc) is 3.10. The predicted octanol–water partition coefficient (Wildman–Crippen LogP) is 2.75. The fourth-order valence-corrected chi connectivity index (χ4v) is 2.77. The number of carbonyl (C=O) groups excluding carboxylic acids is 2. The molecule has 1 aliphatic heterocycles. The van der Waals surface area contributed by atoms with Crippen LogP contribution in [0.2, 0.25) is 0 Å². The van der Waals surface area contributed by atoms with Crippen LogP contribution in [0, 0.1) is 5.82 Å². The lowest BCUT2D eigenvalue weighted by atomic mass is 10.1. The Morgan fingerprint density at radius 2 is 1.96 bits per heavy atom. The number of fused-ring (bicyclic) bond motifs is 1. The molecule has 0 atom stereocenters. The second-order valence-corrected chi connectivity index (χ2v) is 6.15. The Morgan fingerprint density at radius 3 is 2.82 bits per heavy atom. The second-order valence-electron chi connectivity index (χ2n) is 6.15. The van der Waals surface area contributed by atoms with Gasteiger partial charge in [-0.15, -0.1) is 0 Å². The maximum absolute atomic E-state index is 13.8. The van der Waals surface area contributed by atoms with Crippen LogP contribution in [0.15, 0.2) is 59.6 Å². The van der Waals surface area contributed by atoms with Gasteiger partial charge in [-0.2, -0.15) is 5.10 Å². The molecule has 0 saturated carbocycles. The van der Waals surface area contributed by atoms with E-state index in [0.29, 0.717) is 22.7 Å². The van der Waals surface area contributed by atoms with E-state index in [0.717, 1.165) is 0 Å². The first kappa shape index (κ1) is 17.6. The Morgan fingerprint density at radius 1 is 1.18 bits per heavy atom. The number of ether oxygens (including phenoxy) is 1. The highest BCUT2D eigenvalue weighted by Gasteiger charge is 2.22. The number of hydrogen-bond acceptors (Lipinski definition) is 4. The van der Waals surface area contributed by atoms with E-state index in [1.54, 1.807) is 42.5 Å². The van der Waals surface area contributed by atoms with Crippen molar-refractivity contribution in [3.8, 4) is 5.75 Å². The number of para-hydroxylation sites is 2. The van der Waals surface area contributed by atoms with Gasteiger partial charge in [0.25, 0.3) is 11.8 Å². The average molecular weight is 378 g/mol. The first-order chi connectivity index (χ1) is 13.6. The fourth-order valence-electron chi connectivity index (χ4n) is 2.77. The van der Waals surface area contributed by atoms with E-state index in [1.807, 2.05) is 0 Å². The van der Waals surface area contributed by atoms with E-state index >= 15 is 0 Å². The van der Waals surface area contributed by atoms with Gasteiger partial charge in [-0.25, -0.2) is 9.38 Å². The van der Waals surface area contributed by atoms with Gasteiger partial charge in [0.1, 0.15) is 23.9 Å². The summed E-state index contributed by atoms with van der Waals surface area (Å²) in [6.07, 6.45) is 0.252. The van der Waals surface area contributed by atoms with Crippen LogP contribution in [-0.4, -0.2) is 34.3 Å². The summed E-state index contributed by atoms with van der Waals surface area (Å²) in [7, 11) is 0. The first-order valence-corrected chi connectivity index (χ1v) is 8.53. The third-order valence-electron chi connectivity index (χ3n) is 4.19. The number of aromatic amines is 1. The van der Waals surface area contributed by atoms with Crippen molar-refractivity contribution in [2.45, 2.75) is 6.42 Å². The van der Waals surface area contributed by atoms with E-state index in [9.17, 15) is 14.0 Å². The van der Waals surface area contributed by atoms with Crippen LogP contribution < -0.4 is 10.1 Å². The number of aliphatic imine (C=N–C) groups is 1. The van der Waals surface area contributed by atoms with E-state index in [2.05, 4.69) is 20.5 Å². The van der Waals surface area contributed by atoms with Crippen LogP contribution in [-0.2, 0) is 11.2 Å². The largest absolute Gasteiger partial charge is 0.485 e. The molecule has 0 unspecified atom stereocenters. The summed E-state index contributed by atoms with van der Waals surface area (Å²) in [5, 5.41) is 9.27. The lowest BCUT2D eigenvalue weighted by Gasteiger charge is -2.04. The Balaban J connectivity index is 1.50. The van der Waals surface area contributed by atoms with Crippen LogP contribution in [0.5, 0.6) is 5.75 Å². The molecule has 8 heteroatoms. The number of anilines is 1. The number of carbonyl (C=O) groups is 2. The van der Waals surface area contributed by atoms with Crippen molar-refractivity contribution in [2.24, 2.45) is 4.99 Å². The van der Waals surface area contributed by atoms with Gasteiger partial charge in [0.05, 0.1) is 5.69 Å². The summed E-state index contributed by atoms with van der Waals surface area (Å²) < 4.78 is 19.3. The molecule has 2 aromatic carbocycles. The summed E-state index contributed by atoms with van der Waals surface area (Å²) in [4.78, 5) is 28.5. The Hall–Kier alpha value is -3.81. The molecule has 0 radical (unpaired) electrons. The monoisotopic (exact) mass is 378 g/mol. The summed E-state index contributed by atoms with van der Waals surface area (Å²) in [6, 6.07) is 14.8. The molecule has 2 heterocycles. The Bertz CT molecular complexity index is 1090. The summed E-state index contributed by atoms with van der Waals surface area (Å²) in [6.45, 7) is -0.138. The molecule has 3 aromatic rings. The van der Waals surface area contributed by atoms with Crippen molar-refractivity contribution in [1.29, 1.82) is 0 Å². The number of rotatable bonds is 3. The molecule has 1 aliphatic rings. The molecule has 2 N–H and O–H groups in total. The summed E-state index contributed by atoms with van der Waals surface area (Å²) in [5.74, 6) is -1.03. The molecular formula is C20H15FN4O3. The highest BCUT2D eigenvalue weighted by atomic mass is 19.1. The molecule has 0 bridgehead atoms. The number of hydrogen-bond donors (Lipinski definition) is 2. The fraction of sp³-hybridized carbons (Fsp3) is 0.100. The van der Waals surface area contributed by atoms with E-state index < -0.39 is 11.8 Å². The van der Waals surface area contributed by atoms with E-state index in [1.165, 1.54) is 12.1 Å². The maximum Gasteiger partial charge on any atom is 0.298 e. The highest BCUT2D eigenvalue weighted by Crippen LogP contribution is 2.25. The van der Waals surface area contributed by atoms with Gasteiger partial charge in [-0.1, -0.05) is 30.3 Å². The molecule has 140 valence electrons. The molecular weight excluding hydrogens is 363 g/mol. The van der Waals surface area contributed by atoms with Gasteiger partial charge < -0.3 is 10.1 Å². The predicted molar refractivity (Wildman–Crippen MR) is 100 cm³/mol. The molecule has 0 aliphatic carbocycles. The number of nitrogens with one attached hydrogen (secondary N) is 2. The third kappa shape index (κ3) is 3.66. The van der Waals surface area contributed by atoms with Gasteiger partial charge in [0.15, 0.2) is 5.69 Å². The topological polar surface area (TPSA) is 96.4 Å². The van der Waals surface area contributed by atoms with E-state index in [-0.39, 0.29) is 30.3 Å². The Kier molecular flexibility index (Phi) is 4.67. The summed E-state index contributed by atoms with van der Waals surface area (Å²) in [5.41, 5.74) is 1.53. The molecule has 7 nitrogen and oxygen atoms in total. The molecule has 28 heavy (non-hydrogen) atoms. The van der Waals surface area contributed by atoms with Crippen molar-refractivity contribution in [2.75, 3.05) is 11.9 Å². The smallest absolute Gasteiger partial charge is 0.298 e. The SMILES string of the molecule is O=C1Nc2ccccc2OCC1=NC(=O)c1cc(Cc2ccccc2F)[nH]n1. The minimum absolute atomic E-state index is 0.0356. The van der Waals surface area contributed by atoms with Crippen LogP contribution >= 0.6 is 0 Å². The van der Waals surface area contributed by atoms with Crippen LogP contribution in [0.4, 0.5) is 10.1 Å². The zero-order valence-electron chi connectivity index (χ0n) is 14.6. The van der Waals surface area contributed by atoms with Crippen molar-refractivity contribution in [3.05, 3.63) is 77.4 Å². The Labute approximate surface area is 159 Å². The minimum atomic E-state index is -0.685. The number of halogens is 1. The maximum atomic E-state index is 13.8. The highest BCUT2D eigenvalue weighted by molar-refractivity contribution is 6.45. The van der Waals surface area contributed by atoms with Crippen molar-refractivity contribution >= 4 is 23.2 Å². The molecule has 4 rings (SSSR count). The summed E-state index contributed by atoms with van der Waals surface area (Å²) >= 11 is 0. The quantitative estimate of drug-likeness (QED) is 0.732. The van der Waals surface area contributed by atoms with Crippen LogP contribution in [0.1, 0.15) is 21.7 Å². The van der Waals surface area contributed by atoms with Gasteiger partial charge in [-0.05, 0) is 29.8 Å². The standard InChI is InChI=1S/C20H15FN4O3/c21-14-6-2-1-5-12(14)9-13-10-16(25-24-13)19(26)23-17-11-28-18-8-4-3-7-15(18)22-20(17)27/h1-8,10H,9,11H2,(H,22,27)(H,24,25). The number of aromatic nitrogens is 2. The first-order valence-electron chi connectivity index (χ1n) is 8.53. The molecule has 2 amide bonds. The lowest BCUT2D eigenvalue weighted by Crippen LogP contribution is -2.26. The van der Waals surface area contributed by atoms with Gasteiger partial charge in [0, 0.05) is 12.1 Å².